The van der Waals surface area contributed by atoms with Gasteiger partial charge >= 0.3 is 0 Å². The Morgan fingerprint density at radius 1 is 1.77 bits per heavy atom. The molecule has 2 atom stereocenters. The molecule has 0 radical (unpaired) electrons. The zero-order valence-corrected chi connectivity index (χ0v) is 8.08. The van der Waals surface area contributed by atoms with Crippen molar-refractivity contribution in [1.82, 2.24) is 5.32 Å². The Kier molecular flexibility index (Phi) is 4.18. The smallest absolute Gasteiger partial charge is 0.225 e. The van der Waals surface area contributed by atoms with Crippen molar-refractivity contribution in [3.63, 3.8) is 0 Å². The van der Waals surface area contributed by atoms with E-state index in [9.17, 15) is 4.79 Å². The van der Waals surface area contributed by atoms with Gasteiger partial charge in [0.15, 0.2) is 0 Å². The van der Waals surface area contributed by atoms with Crippen molar-refractivity contribution in [2.75, 3.05) is 19.8 Å². The van der Waals surface area contributed by atoms with Crippen molar-refractivity contribution in [3.05, 3.63) is 0 Å². The highest BCUT2D eigenvalue weighted by atomic mass is 16.5. The molecule has 0 aromatic rings. The topological polar surface area (TPSA) is 64.3 Å². The third-order valence-corrected chi connectivity index (χ3v) is 2.20. The molecule has 1 fully saturated rings. The van der Waals surface area contributed by atoms with Gasteiger partial charge in [-0.25, -0.2) is 0 Å². The highest BCUT2D eigenvalue weighted by Gasteiger charge is 2.22. The number of hydrogen-bond acceptors (Lipinski definition) is 3. The van der Waals surface area contributed by atoms with Crippen LogP contribution in [0.15, 0.2) is 0 Å². The van der Waals surface area contributed by atoms with E-state index >= 15 is 0 Å². The minimum Gasteiger partial charge on any atom is -0.381 e. The molecule has 4 nitrogen and oxygen atoms in total. The lowest BCUT2D eigenvalue weighted by molar-refractivity contribution is -0.124. The maximum Gasteiger partial charge on any atom is 0.225 e. The highest BCUT2D eigenvalue weighted by Crippen LogP contribution is 2.11. The molecule has 1 rings (SSSR count). The van der Waals surface area contributed by atoms with Crippen LogP contribution in [0.2, 0.25) is 0 Å². The Morgan fingerprint density at radius 2 is 2.54 bits per heavy atom. The molecular weight excluding hydrogens is 168 g/mol. The lowest BCUT2D eigenvalue weighted by atomic mass is 10.1. The second-order valence-electron chi connectivity index (χ2n) is 3.62. The summed E-state index contributed by atoms with van der Waals surface area (Å²) in [6, 6.07) is 0.153. The first-order chi connectivity index (χ1) is 6.20. The first-order valence-electron chi connectivity index (χ1n) is 4.81. The van der Waals surface area contributed by atoms with Crippen LogP contribution in [0.25, 0.3) is 0 Å². The van der Waals surface area contributed by atoms with Gasteiger partial charge in [0.25, 0.3) is 0 Å². The summed E-state index contributed by atoms with van der Waals surface area (Å²) in [6.45, 7) is 3.90. The molecule has 76 valence electrons. The number of carbonyl (C=O) groups excluding carboxylic acids is 1. The molecule has 2 unspecified atom stereocenters. The standard InChI is InChI=1S/C9H18N2O2/c1-7(10)2-4-11-9(12)8-3-5-13-6-8/h7-8H,2-6,10H2,1H3,(H,11,12). The molecule has 1 aliphatic heterocycles. The summed E-state index contributed by atoms with van der Waals surface area (Å²) in [6.07, 6.45) is 1.68. The Bertz CT molecular complexity index is 165. The first-order valence-corrected chi connectivity index (χ1v) is 4.81. The second kappa shape index (κ2) is 5.19. The minimum atomic E-state index is 0.0630. The molecule has 3 N–H and O–H groups in total. The third-order valence-electron chi connectivity index (χ3n) is 2.20. The van der Waals surface area contributed by atoms with E-state index in [2.05, 4.69) is 5.32 Å². The minimum absolute atomic E-state index is 0.0630. The maximum atomic E-state index is 11.4. The van der Waals surface area contributed by atoms with E-state index in [-0.39, 0.29) is 17.9 Å². The van der Waals surface area contributed by atoms with E-state index in [0.29, 0.717) is 19.8 Å². The Morgan fingerprint density at radius 3 is 3.08 bits per heavy atom. The van der Waals surface area contributed by atoms with Crippen molar-refractivity contribution in [2.24, 2.45) is 11.7 Å². The number of rotatable bonds is 4. The van der Waals surface area contributed by atoms with E-state index in [1.54, 1.807) is 0 Å². The fourth-order valence-corrected chi connectivity index (χ4v) is 1.31. The fourth-order valence-electron chi connectivity index (χ4n) is 1.31. The first kappa shape index (κ1) is 10.5. The number of nitrogens with two attached hydrogens (primary N) is 1. The molecule has 1 aliphatic rings. The summed E-state index contributed by atoms with van der Waals surface area (Å²) in [4.78, 5) is 11.4. The molecule has 1 heterocycles. The third kappa shape index (κ3) is 3.74. The molecule has 0 aromatic carbocycles. The molecule has 13 heavy (non-hydrogen) atoms. The van der Waals surface area contributed by atoms with Gasteiger partial charge in [-0.05, 0) is 19.8 Å². The predicted octanol–water partition coefficient (Wildman–Crippen LogP) is -0.124. The van der Waals surface area contributed by atoms with Gasteiger partial charge in [0, 0.05) is 19.2 Å². The number of amides is 1. The lowest BCUT2D eigenvalue weighted by Crippen LogP contribution is -2.33. The predicted molar refractivity (Wildman–Crippen MR) is 50.2 cm³/mol. The van der Waals surface area contributed by atoms with Crippen molar-refractivity contribution < 1.29 is 9.53 Å². The Hall–Kier alpha value is -0.610. The number of hydrogen-bond donors (Lipinski definition) is 2. The summed E-state index contributed by atoms with van der Waals surface area (Å²) in [7, 11) is 0. The van der Waals surface area contributed by atoms with E-state index in [4.69, 9.17) is 10.5 Å². The van der Waals surface area contributed by atoms with Crippen LogP contribution < -0.4 is 11.1 Å². The van der Waals surface area contributed by atoms with Gasteiger partial charge in [0.1, 0.15) is 0 Å². The maximum absolute atomic E-state index is 11.4. The average Bonchev–Trinajstić information content (AvgIpc) is 2.55. The van der Waals surface area contributed by atoms with Crippen LogP contribution in [0.1, 0.15) is 19.8 Å². The molecule has 1 amide bonds. The van der Waals surface area contributed by atoms with Gasteiger partial charge < -0.3 is 15.8 Å². The largest absolute Gasteiger partial charge is 0.381 e. The van der Waals surface area contributed by atoms with E-state index in [1.807, 2.05) is 6.92 Å². The zero-order valence-electron chi connectivity index (χ0n) is 8.08. The van der Waals surface area contributed by atoms with Crippen molar-refractivity contribution >= 4 is 5.91 Å². The summed E-state index contributed by atoms with van der Waals surface area (Å²) in [5, 5.41) is 2.86. The van der Waals surface area contributed by atoms with Crippen LogP contribution >= 0.6 is 0 Å². The van der Waals surface area contributed by atoms with Gasteiger partial charge in [-0.15, -0.1) is 0 Å². The van der Waals surface area contributed by atoms with Crippen LogP contribution in [-0.2, 0) is 9.53 Å². The Balaban J connectivity index is 2.10. The number of nitrogens with one attached hydrogen (secondary N) is 1. The average molecular weight is 186 g/mol. The quantitative estimate of drug-likeness (QED) is 0.643. The number of carbonyl (C=O) groups is 1. The van der Waals surface area contributed by atoms with Gasteiger partial charge in [0.05, 0.1) is 12.5 Å². The lowest BCUT2D eigenvalue weighted by Gasteiger charge is -2.10. The van der Waals surface area contributed by atoms with Crippen LogP contribution in [0.3, 0.4) is 0 Å². The molecule has 0 aromatic heterocycles. The molecule has 4 heteroatoms. The van der Waals surface area contributed by atoms with Crippen LogP contribution in [0, 0.1) is 5.92 Å². The van der Waals surface area contributed by atoms with Gasteiger partial charge in [-0.1, -0.05) is 0 Å². The van der Waals surface area contributed by atoms with Gasteiger partial charge in [-0.3, -0.25) is 4.79 Å². The molecule has 0 bridgehead atoms. The van der Waals surface area contributed by atoms with Gasteiger partial charge in [0.2, 0.25) is 5.91 Å². The molecular formula is C9H18N2O2. The monoisotopic (exact) mass is 186 g/mol. The van der Waals surface area contributed by atoms with E-state index < -0.39 is 0 Å². The molecule has 0 aliphatic carbocycles. The SMILES string of the molecule is CC(N)CCNC(=O)C1CCOC1. The summed E-state index contributed by atoms with van der Waals surface area (Å²) >= 11 is 0. The van der Waals surface area contributed by atoms with Crippen molar-refractivity contribution in [3.8, 4) is 0 Å². The molecule has 1 saturated heterocycles. The van der Waals surface area contributed by atoms with Crippen LogP contribution in [0.4, 0.5) is 0 Å². The summed E-state index contributed by atoms with van der Waals surface area (Å²) < 4.78 is 5.12. The molecule has 0 spiro atoms. The number of ether oxygens (including phenoxy) is 1. The van der Waals surface area contributed by atoms with Crippen LogP contribution in [0.5, 0.6) is 0 Å². The zero-order chi connectivity index (χ0) is 9.68. The summed E-state index contributed by atoms with van der Waals surface area (Å²) in [5.74, 6) is 0.172. The fraction of sp³-hybridized carbons (Fsp3) is 0.889. The van der Waals surface area contributed by atoms with E-state index in [1.165, 1.54) is 0 Å². The highest BCUT2D eigenvalue weighted by molar-refractivity contribution is 5.78. The normalized spacial score (nSPS) is 24.3. The van der Waals surface area contributed by atoms with Crippen molar-refractivity contribution in [2.45, 2.75) is 25.8 Å². The molecule has 0 saturated carbocycles. The second-order valence-corrected chi connectivity index (χ2v) is 3.62. The van der Waals surface area contributed by atoms with Gasteiger partial charge in [-0.2, -0.15) is 0 Å². The van der Waals surface area contributed by atoms with Crippen molar-refractivity contribution in [1.29, 1.82) is 0 Å². The Labute approximate surface area is 78.8 Å². The summed E-state index contributed by atoms with van der Waals surface area (Å²) in [5.41, 5.74) is 5.56. The van der Waals surface area contributed by atoms with Crippen LogP contribution in [-0.4, -0.2) is 31.7 Å². The van der Waals surface area contributed by atoms with E-state index in [0.717, 1.165) is 12.8 Å².